The molecule has 0 radical (unpaired) electrons. The van der Waals surface area contributed by atoms with Crippen LogP contribution in [-0.2, 0) is 11.3 Å². The minimum absolute atomic E-state index is 0.00456. The molecule has 0 spiro atoms. The number of nitrogens with one attached hydrogen (secondary N) is 1. The van der Waals surface area contributed by atoms with Crippen LogP contribution in [0.15, 0.2) is 9.27 Å². The number of amides is 1. The van der Waals surface area contributed by atoms with Gasteiger partial charge in [-0.2, -0.15) is 4.98 Å². The molecule has 1 heterocycles. The van der Waals surface area contributed by atoms with Crippen LogP contribution in [0.2, 0.25) is 0 Å². The summed E-state index contributed by atoms with van der Waals surface area (Å²) in [7, 11) is 0. The molecule has 1 aromatic heterocycles. The van der Waals surface area contributed by atoms with E-state index in [0.29, 0.717) is 5.69 Å². The molecule has 0 fully saturated rings. The summed E-state index contributed by atoms with van der Waals surface area (Å²) < 4.78 is 2.15. The number of rotatable bonds is 5. The standard InChI is InChI=1S/C13H20BrN3O2/c1-5-6-8(2)15-11(18)7-17-10(4)12(14)9(3)16-13(17)19/h8H,5-7H2,1-4H3,(H,15,18). The van der Waals surface area contributed by atoms with Crippen molar-refractivity contribution in [2.24, 2.45) is 0 Å². The van der Waals surface area contributed by atoms with E-state index in [1.807, 2.05) is 6.92 Å². The molecule has 106 valence electrons. The minimum atomic E-state index is -0.392. The van der Waals surface area contributed by atoms with Gasteiger partial charge in [0.15, 0.2) is 0 Å². The number of hydrogen-bond donors (Lipinski definition) is 1. The van der Waals surface area contributed by atoms with Crippen LogP contribution in [0.4, 0.5) is 0 Å². The fourth-order valence-electron chi connectivity index (χ4n) is 1.93. The van der Waals surface area contributed by atoms with Crippen molar-refractivity contribution >= 4 is 21.8 Å². The van der Waals surface area contributed by atoms with Gasteiger partial charge in [0.05, 0.1) is 10.2 Å². The lowest BCUT2D eigenvalue weighted by Crippen LogP contribution is -2.38. The normalized spacial score (nSPS) is 12.3. The summed E-state index contributed by atoms with van der Waals surface area (Å²) in [4.78, 5) is 27.6. The lowest BCUT2D eigenvalue weighted by atomic mass is 10.2. The van der Waals surface area contributed by atoms with Crippen molar-refractivity contribution in [3.05, 3.63) is 26.3 Å². The third-order valence-corrected chi connectivity index (χ3v) is 4.11. The Kier molecular flexibility index (Phi) is 5.72. The molecule has 0 aliphatic heterocycles. The first-order valence-electron chi connectivity index (χ1n) is 6.39. The maximum absolute atomic E-state index is 11.9. The van der Waals surface area contributed by atoms with E-state index in [4.69, 9.17) is 0 Å². The molecule has 0 aromatic carbocycles. The maximum atomic E-state index is 11.9. The molecule has 0 aliphatic rings. The van der Waals surface area contributed by atoms with Gasteiger partial charge in [0.1, 0.15) is 6.54 Å². The molecule has 0 saturated heterocycles. The highest BCUT2D eigenvalue weighted by atomic mass is 79.9. The first kappa shape index (κ1) is 15.9. The van der Waals surface area contributed by atoms with E-state index in [1.165, 1.54) is 4.57 Å². The fourth-order valence-corrected chi connectivity index (χ4v) is 2.23. The van der Waals surface area contributed by atoms with Crippen LogP contribution < -0.4 is 11.0 Å². The molecule has 1 aromatic rings. The molecule has 1 rings (SSSR count). The van der Waals surface area contributed by atoms with Gasteiger partial charge < -0.3 is 5.32 Å². The molecule has 6 heteroatoms. The average Bonchev–Trinajstić information content (AvgIpc) is 2.32. The van der Waals surface area contributed by atoms with Crippen molar-refractivity contribution in [3.8, 4) is 0 Å². The van der Waals surface area contributed by atoms with Crippen molar-refractivity contribution in [1.82, 2.24) is 14.9 Å². The Morgan fingerprint density at radius 3 is 2.68 bits per heavy atom. The first-order valence-corrected chi connectivity index (χ1v) is 7.19. The van der Waals surface area contributed by atoms with Gasteiger partial charge in [0.25, 0.3) is 0 Å². The van der Waals surface area contributed by atoms with E-state index in [-0.39, 0.29) is 18.5 Å². The van der Waals surface area contributed by atoms with Gasteiger partial charge in [-0.05, 0) is 43.1 Å². The van der Waals surface area contributed by atoms with Crippen LogP contribution in [0, 0.1) is 13.8 Å². The third kappa shape index (κ3) is 4.16. The molecule has 19 heavy (non-hydrogen) atoms. The van der Waals surface area contributed by atoms with Gasteiger partial charge in [-0.25, -0.2) is 4.79 Å². The highest BCUT2D eigenvalue weighted by Crippen LogP contribution is 2.16. The maximum Gasteiger partial charge on any atom is 0.348 e. The van der Waals surface area contributed by atoms with Crippen molar-refractivity contribution < 1.29 is 4.79 Å². The molecular weight excluding hydrogens is 310 g/mol. The summed E-state index contributed by atoms with van der Waals surface area (Å²) in [6, 6.07) is 0.121. The summed E-state index contributed by atoms with van der Waals surface area (Å²) in [6.45, 7) is 7.58. The van der Waals surface area contributed by atoms with E-state index in [9.17, 15) is 9.59 Å². The van der Waals surface area contributed by atoms with E-state index in [0.717, 1.165) is 23.0 Å². The molecular formula is C13H20BrN3O2. The summed E-state index contributed by atoms with van der Waals surface area (Å²) in [5.74, 6) is -0.163. The van der Waals surface area contributed by atoms with Crippen LogP contribution >= 0.6 is 15.9 Å². The van der Waals surface area contributed by atoms with Gasteiger partial charge in [-0.15, -0.1) is 0 Å². The number of halogens is 1. The Labute approximate surface area is 121 Å². The molecule has 0 aliphatic carbocycles. The van der Waals surface area contributed by atoms with Crippen LogP contribution in [0.3, 0.4) is 0 Å². The highest BCUT2D eigenvalue weighted by Gasteiger charge is 2.13. The van der Waals surface area contributed by atoms with E-state index in [2.05, 4.69) is 33.2 Å². The zero-order chi connectivity index (χ0) is 14.6. The van der Waals surface area contributed by atoms with Crippen LogP contribution in [0.25, 0.3) is 0 Å². The SMILES string of the molecule is CCCC(C)NC(=O)Cn1c(C)c(Br)c(C)nc1=O. The smallest absolute Gasteiger partial charge is 0.348 e. The summed E-state index contributed by atoms with van der Waals surface area (Å²) in [6.07, 6.45) is 1.94. The number of carbonyl (C=O) groups excluding carboxylic acids is 1. The van der Waals surface area contributed by atoms with Crippen molar-refractivity contribution in [2.45, 2.75) is 53.1 Å². The van der Waals surface area contributed by atoms with E-state index < -0.39 is 5.69 Å². The van der Waals surface area contributed by atoms with Crippen LogP contribution in [-0.4, -0.2) is 21.5 Å². The topological polar surface area (TPSA) is 64.0 Å². The molecule has 1 amide bonds. The van der Waals surface area contributed by atoms with Crippen LogP contribution in [0.1, 0.15) is 38.1 Å². The zero-order valence-electron chi connectivity index (χ0n) is 11.8. The summed E-state index contributed by atoms with van der Waals surface area (Å²) in [5, 5.41) is 2.88. The third-order valence-electron chi connectivity index (χ3n) is 2.97. The Hall–Kier alpha value is -1.17. The van der Waals surface area contributed by atoms with Crippen molar-refractivity contribution in [3.63, 3.8) is 0 Å². The Morgan fingerprint density at radius 2 is 2.11 bits per heavy atom. The molecule has 0 bridgehead atoms. The number of aryl methyl sites for hydroxylation is 1. The average molecular weight is 330 g/mol. The largest absolute Gasteiger partial charge is 0.352 e. The number of carbonyl (C=O) groups is 1. The fraction of sp³-hybridized carbons (Fsp3) is 0.615. The Morgan fingerprint density at radius 1 is 1.47 bits per heavy atom. The Balaban J connectivity index is 2.86. The van der Waals surface area contributed by atoms with Gasteiger partial charge in [0.2, 0.25) is 5.91 Å². The quantitative estimate of drug-likeness (QED) is 0.897. The summed E-state index contributed by atoms with van der Waals surface area (Å²) >= 11 is 3.38. The lowest BCUT2D eigenvalue weighted by Gasteiger charge is -2.15. The predicted octanol–water partition coefficient (Wildman–Crippen LogP) is 1.93. The summed E-state index contributed by atoms with van der Waals surface area (Å²) in [5.41, 5.74) is 0.964. The molecule has 1 atom stereocenters. The molecule has 1 unspecified atom stereocenters. The lowest BCUT2D eigenvalue weighted by molar-refractivity contribution is -0.122. The molecule has 5 nitrogen and oxygen atoms in total. The minimum Gasteiger partial charge on any atom is -0.352 e. The second-order valence-corrected chi connectivity index (χ2v) is 5.52. The van der Waals surface area contributed by atoms with Crippen molar-refractivity contribution in [1.29, 1.82) is 0 Å². The van der Waals surface area contributed by atoms with Crippen molar-refractivity contribution in [2.75, 3.05) is 0 Å². The number of hydrogen-bond acceptors (Lipinski definition) is 3. The van der Waals surface area contributed by atoms with E-state index >= 15 is 0 Å². The van der Waals surface area contributed by atoms with Gasteiger partial charge in [-0.3, -0.25) is 9.36 Å². The second kappa shape index (κ2) is 6.84. The molecule has 0 saturated carbocycles. The van der Waals surface area contributed by atoms with Gasteiger partial charge in [-0.1, -0.05) is 13.3 Å². The predicted molar refractivity (Wildman–Crippen MR) is 78.2 cm³/mol. The Bertz CT molecular complexity index is 525. The highest BCUT2D eigenvalue weighted by molar-refractivity contribution is 9.10. The van der Waals surface area contributed by atoms with Gasteiger partial charge in [0, 0.05) is 11.7 Å². The van der Waals surface area contributed by atoms with E-state index in [1.54, 1.807) is 13.8 Å². The monoisotopic (exact) mass is 329 g/mol. The second-order valence-electron chi connectivity index (χ2n) is 4.72. The zero-order valence-corrected chi connectivity index (χ0v) is 13.4. The van der Waals surface area contributed by atoms with Gasteiger partial charge >= 0.3 is 5.69 Å². The number of nitrogens with zero attached hydrogens (tertiary/aromatic N) is 2. The van der Waals surface area contributed by atoms with Crippen LogP contribution in [0.5, 0.6) is 0 Å². The first-order chi connectivity index (χ1) is 8.86. The number of aromatic nitrogens is 2. The molecule has 1 N–H and O–H groups in total.